The first-order valence-electron chi connectivity index (χ1n) is 5.44. The van der Waals surface area contributed by atoms with Crippen LogP contribution in [0.25, 0.3) is 0 Å². The lowest BCUT2D eigenvalue weighted by Crippen LogP contribution is -2.14. The topological polar surface area (TPSA) is 95.1 Å². The van der Waals surface area contributed by atoms with Crippen molar-refractivity contribution in [2.45, 2.75) is 4.90 Å². The van der Waals surface area contributed by atoms with Crippen LogP contribution in [0.4, 0.5) is 5.95 Å². The van der Waals surface area contributed by atoms with Crippen LogP contribution in [-0.4, -0.2) is 30.1 Å². The highest BCUT2D eigenvalue weighted by molar-refractivity contribution is 7.92. The Kier molecular flexibility index (Phi) is 4.29. The van der Waals surface area contributed by atoms with Crippen LogP contribution in [0.5, 0.6) is 0 Å². The van der Waals surface area contributed by atoms with Crippen molar-refractivity contribution in [3.05, 3.63) is 41.2 Å². The first-order chi connectivity index (χ1) is 9.53. The number of aromatic amines is 1. The monoisotopic (exact) mass is 311 g/mol. The molecule has 0 unspecified atom stereocenters. The third-order valence-corrected chi connectivity index (χ3v) is 4.08. The molecule has 1 aromatic carbocycles. The fourth-order valence-corrected chi connectivity index (χ4v) is 2.97. The van der Waals surface area contributed by atoms with E-state index in [2.05, 4.69) is 26.5 Å². The summed E-state index contributed by atoms with van der Waals surface area (Å²) in [4.78, 5) is 6.32. The van der Waals surface area contributed by atoms with E-state index in [-0.39, 0.29) is 22.5 Å². The minimum absolute atomic E-state index is 0.0359. The van der Waals surface area contributed by atoms with E-state index in [1.165, 1.54) is 30.6 Å². The molecule has 2 rings (SSSR count). The number of anilines is 1. The van der Waals surface area contributed by atoms with E-state index >= 15 is 0 Å². The number of nitrogens with one attached hydrogen (secondary N) is 2. The minimum Gasteiger partial charge on any atom is -0.384 e. The van der Waals surface area contributed by atoms with Gasteiger partial charge in [-0.2, -0.15) is 0 Å². The number of H-pyrrole nitrogens is 1. The number of aliphatic hydroxyl groups excluding tert-OH is 1. The quantitative estimate of drug-likeness (QED) is 0.742. The predicted octanol–water partition coefficient (Wildman–Crippen LogP) is 1.21. The van der Waals surface area contributed by atoms with Gasteiger partial charge in [-0.15, -0.1) is 0 Å². The Morgan fingerprint density at radius 1 is 1.45 bits per heavy atom. The fraction of sp³-hybridized carbons (Fsp3) is 0.0833. The van der Waals surface area contributed by atoms with Gasteiger partial charge < -0.3 is 10.1 Å². The molecule has 3 N–H and O–H groups in total. The Bertz CT molecular complexity index is 761. The molecular weight excluding hydrogens is 302 g/mol. The molecule has 0 spiro atoms. The molecule has 0 aliphatic heterocycles. The maximum absolute atomic E-state index is 12.1. The second-order valence-electron chi connectivity index (χ2n) is 3.65. The summed E-state index contributed by atoms with van der Waals surface area (Å²) in [5, 5.41) is 8.64. The van der Waals surface area contributed by atoms with Crippen LogP contribution >= 0.6 is 11.6 Å². The van der Waals surface area contributed by atoms with Gasteiger partial charge in [0, 0.05) is 18.0 Å². The van der Waals surface area contributed by atoms with Crippen molar-refractivity contribution in [1.82, 2.24) is 9.97 Å². The maximum Gasteiger partial charge on any atom is 0.265 e. The molecule has 0 radical (unpaired) electrons. The molecule has 1 heterocycles. The molecule has 0 aliphatic rings. The van der Waals surface area contributed by atoms with Crippen molar-refractivity contribution in [3.8, 4) is 11.8 Å². The molecule has 6 nitrogen and oxygen atoms in total. The number of sulfonamides is 1. The minimum atomic E-state index is -3.82. The first kappa shape index (κ1) is 14.4. The van der Waals surface area contributed by atoms with Crippen LogP contribution < -0.4 is 4.72 Å². The molecule has 0 amide bonds. The molecule has 20 heavy (non-hydrogen) atoms. The van der Waals surface area contributed by atoms with Crippen molar-refractivity contribution < 1.29 is 13.5 Å². The molecule has 1 aromatic heterocycles. The van der Waals surface area contributed by atoms with Crippen LogP contribution in [0.1, 0.15) is 5.56 Å². The number of aromatic nitrogens is 2. The van der Waals surface area contributed by atoms with Crippen LogP contribution in [0.15, 0.2) is 35.5 Å². The Hall–Kier alpha value is -2.01. The zero-order valence-corrected chi connectivity index (χ0v) is 11.7. The number of benzene rings is 1. The van der Waals surface area contributed by atoms with Crippen molar-refractivity contribution in [2.24, 2.45) is 0 Å². The summed E-state index contributed by atoms with van der Waals surface area (Å²) >= 11 is 5.95. The third-order valence-electron chi connectivity index (χ3n) is 2.26. The average Bonchev–Trinajstić information content (AvgIpc) is 2.88. The maximum atomic E-state index is 12.1. The predicted molar refractivity (Wildman–Crippen MR) is 74.8 cm³/mol. The standard InChI is InChI=1S/C12H10ClN3O3S/c13-10-8-9(2-1-7-17)3-4-11(10)20(18,19)16-12-14-5-6-15-12/h3-6,8,17H,7H2,(H2,14,15,16). The van der Waals surface area contributed by atoms with E-state index in [4.69, 9.17) is 16.7 Å². The molecular formula is C12H10ClN3O3S. The summed E-state index contributed by atoms with van der Waals surface area (Å²) in [6.45, 7) is -0.280. The van der Waals surface area contributed by atoms with Crippen LogP contribution in [0.3, 0.4) is 0 Å². The number of hydrogen-bond donors (Lipinski definition) is 3. The van der Waals surface area contributed by atoms with Crippen LogP contribution in [-0.2, 0) is 10.0 Å². The van der Waals surface area contributed by atoms with E-state index in [0.717, 1.165) is 0 Å². The van der Waals surface area contributed by atoms with Gasteiger partial charge in [0.15, 0.2) is 0 Å². The smallest absolute Gasteiger partial charge is 0.265 e. The summed E-state index contributed by atoms with van der Waals surface area (Å²) in [6, 6.07) is 4.27. The number of nitrogens with zero attached hydrogens (tertiary/aromatic N) is 1. The van der Waals surface area contributed by atoms with E-state index < -0.39 is 10.0 Å². The summed E-state index contributed by atoms with van der Waals surface area (Å²) < 4.78 is 26.5. The van der Waals surface area contributed by atoms with Gasteiger partial charge in [-0.05, 0) is 18.2 Å². The van der Waals surface area contributed by atoms with Gasteiger partial charge in [-0.1, -0.05) is 23.4 Å². The second-order valence-corrected chi connectivity index (χ2v) is 5.71. The number of imidazole rings is 1. The van der Waals surface area contributed by atoms with Crippen molar-refractivity contribution in [2.75, 3.05) is 11.3 Å². The highest BCUT2D eigenvalue weighted by Crippen LogP contribution is 2.23. The van der Waals surface area contributed by atoms with Crippen molar-refractivity contribution >= 4 is 27.6 Å². The molecule has 104 valence electrons. The first-order valence-corrected chi connectivity index (χ1v) is 7.30. The summed E-state index contributed by atoms with van der Waals surface area (Å²) in [7, 11) is -3.82. The lowest BCUT2D eigenvalue weighted by molar-refractivity contribution is 0.350. The summed E-state index contributed by atoms with van der Waals surface area (Å²) in [5.41, 5.74) is 0.515. The molecule has 0 bridgehead atoms. The zero-order valence-electron chi connectivity index (χ0n) is 10.1. The largest absolute Gasteiger partial charge is 0.384 e. The van der Waals surface area contributed by atoms with Gasteiger partial charge >= 0.3 is 0 Å². The number of halogens is 1. The van der Waals surface area contributed by atoms with Gasteiger partial charge in [0.2, 0.25) is 5.95 Å². The van der Waals surface area contributed by atoms with Gasteiger partial charge in [-0.25, -0.2) is 18.1 Å². The Balaban J connectivity index is 2.33. The normalized spacial score (nSPS) is 10.7. The molecule has 2 aromatic rings. The molecule has 0 fully saturated rings. The number of rotatable bonds is 3. The highest BCUT2D eigenvalue weighted by Gasteiger charge is 2.19. The summed E-state index contributed by atoms with van der Waals surface area (Å²) in [5.74, 6) is 5.20. The summed E-state index contributed by atoms with van der Waals surface area (Å²) in [6.07, 6.45) is 2.92. The molecule has 0 atom stereocenters. The van der Waals surface area contributed by atoms with Crippen LogP contribution in [0.2, 0.25) is 5.02 Å². The Morgan fingerprint density at radius 3 is 2.85 bits per heavy atom. The van der Waals surface area contributed by atoms with Crippen molar-refractivity contribution in [3.63, 3.8) is 0 Å². The van der Waals surface area contributed by atoms with Crippen molar-refractivity contribution in [1.29, 1.82) is 0 Å². The zero-order chi connectivity index (χ0) is 14.6. The fourth-order valence-electron chi connectivity index (χ4n) is 1.44. The van der Waals surface area contributed by atoms with E-state index in [1.54, 1.807) is 0 Å². The number of aliphatic hydroxyl groups is 1. The van der Waals surface area contributed by atoms with E-state index in [9.17, 15) is 8.42 Å². The molecule has 0 saturated heterocycles. The molecule has 8 heteroatoms. The SMILES string of the molecule is O=S(=O)(Nc1ncc[nH]1)c1ccc(C#CCO)cc1Cl. The van der Waals surface area contributed by atoms with Gasteiger partial charge in [-0.3, -0.25) is 0 Å². The lowest BCUT2D eigenvalue weighted by atomic mass is 10.2. The Morgan fingerprint density at radius 2 is 2.25 bits per heavy atom. The Labute approximate surface area is 120 Å². The lowest BCUT2D eigenvalue weighted by Gasteiger charge is -2.07. The van der Waals surface area contributed by atoms with E-state index in [0.29, 0.717) is 5.56 Å². The van der Waals surface area contributed by atoms with Gasteiger partial charge in [0.05, 0.1) is 5.02 Å². The van der Waals surface area contributed by atoms with Crippen LogP contribution in [0, 0.1) is 11.8 Å². The molecule has 0 saturated carbocycles. The third kappa shape index (κ3) is 3.30. The van der Waals surface area contributed by atoms with E-state index in [1.807, 2.05) is 0 Å². The number of hydrogen-bond acceptors (Lipinski definition) is 4. The average molecular weight is 312 g/mol. The van der Waals surface area contributed by atoms with Gasteiger partial charge in [0.25, 0.3) is 10.0 Å². The highest BCUT2D eigenvalue weighted by atomic mass is 35.5. The second kappa shape index (κ2) is 5.96. The van der Waals surface area contributed by atoms with Gasteiger partial charge in [0.1, 0.15) is 11.5 Å². The molecule has 0 aliphatic carbocycles.